The molecule has 0 aromatic heterocycles. The summed E-state index contributed by atoms with van der Waals surface area (Å²) in [6.07, 6.45) is 11.5. The van der Waals surface area contributed by atoms with Gasteiger partial charge >= 0.3 is 0 Å². The van der Waals surface area contributed by atoms with Crippen LogP contribution in [-0.2, 0) is 6.42 Å². The van der Waals surface area contributed by atoms with E-state index in [4.69, 9.17) is 12.8 Å². The molecule has 0 spiro atoms. The molecule has 1 aromatic rings. The quantitative estimate of drug-likeness (QED) is 0.484. The van der Waals surface area contributed by atoms with Crippen LogP contribution >= 0.6 is 0 Å². The number of benzene rings is 1. The molecule has 0 aliphatic rings. The predicted molar refractivity (Wildman–Crippen MR) is 56.0 cm³/mol. The molecule has 1 aromatic carbocycles. The summed E-state index contributed by atoms with van der Waals surface area (Å²) in [7, 11) is 0. The van der Waals surface area contributed by atoms with Gasteiger partial charge in [0.1, 0.15) is 0 Å². The van der Waals surface area contributed by atoms with E-state index in [0.717, 1.165) is 12.1 Å². The number of nitrogens with zero attached hydrogens (tertiary/aromatic N) is 1. The maximum absolute atomic E-state index is 5.22. The monoisotopic (exact) mass is 169 g/mol. The van der Waals surface area contributed by atoms with Crippen molar-refractivity contribution in [2.75, 3.05) is 4.90 Å². The Labute approximate surface area is 79.4 Å². The maximum Gasteiger partial charge on any atom is 0.0636 e. The lowest BCUT2D eigenvalue weighted by molar-refractivity contribution is 1.14. The summed E-state index contributed by atoms with van der Waals surface area (Å²) >= 11 is 0. The molecule has 1 heteroatoms. The first-order valence-electron chi connectivity index (χ1n) is 4.13. The van der Waals surface area contributed by atoms with Gasteiger partial charge in [0.05, 0.1) is 5.69 Å². The first-order valence-corrected chi connectivity index (χ1v) is 4.13. The molecule has 0 bridgehead atoms. The number of rotatable bonds is 2. The fourth-order valence-electron chi connectivity index (χ4n) is 1.07. The van der Waals surface area contributed by atoms with Crippen LogP contribution in [0.3, 0.4) is 0 Å². The Morgan fingerprint density at radius 1 is 1.15 bits per heavy atom. The van der Waals surface area contributed by atoms with Gasteiger partial charge < -0.3 is 0 Å². The molecule has 0 aliphatic carbocycles. The second-order valence-electron chi connectivity index (χ2n) is 2.61. The molecule has 0 aliphatic heterocycles. The highest BCUT2D eigenvalue weighted by Gasteiger charge is 1.98. The van der Waals surface area contributed by atoms with Gasteiger partial charge in [-0.25, -0.2) is 4.90 Å². The Kier molecular flexibility index (Phi) is 3.01. The van der Waals surface area contributed by atoms with Crippen molar-refractivity contribution in [1.29, 1.82) is 0 Å². The minimum Gasteiger partial charge on any atom is -0.228 e. The Balaban J connectivity index is 2.94. The summed E-state index contributed by atoms with van der Waals surface area (Å²) < 4.78 is 0. The first-order chi connectivity index (χ1) is 6.31. The average Bonchev–Trinajstić information content (AvgIpc) is 2.21. The van der Waals surface area contributed by atoms with E-state index >= 15 is 0 Å². The fraction of sp³-hybridized carbons (Fsp3) is 0.167. The van der Waals surface area contributed by atoms with Gasteiger partial charge in [-0.1, -0.05) is 31.9 Å². The van der Waals surface area contributed by atoms with Gasteiger partial charge in [0, 0.05) is 12.1 Å². The summed E-state index contributed by atoms with van der Waals surface area (Å²) in [5, 5.41) is 0. The van der Waals surface area contributed by atoms with Crippen molar-refractivity contribution in [1.82, 2.24) is 0 Å². The van der Waals surface area contributed by atoms with Crippen LogP contribution in [0.5, 0.6) is 0 Å². The predicted octanol–water partition coefficient (Wildman–Crippen LogP) is 2.24. The number of anilines is 1. The van der Waals surface area contributed by atoms with E-state index in [1.54, 1.807) is 0 Å². The number of aryl methyl sites for hydroxylation is 1. The van der Waals surface area contributed by atoms with Gasteiger partial charge in [0.2, 0.25) is 0 Å². The third-order valence-corrected chi connectivity index (χ3v) is 1.86. The first kappa shape index (κ1) is 9.23. The van der Waals surface area contributed by atoms with E-state index in [1.165, 1.54) is 10.5 Å². The Morgan fingerprint density at radius 3 is 2.08 bits per heavy atom. The van der Waals surface area contributed by atoms with E-state index < -0.39 is 0 Å². The van der Waals surface area contributed by atoms with Crippen LogP contribution < -0.4 is 4.90 Å². The third kappa shape index (κ3) is 2.04. The molecule has 0 atom stereocenters. The van der Waals surface area contributed by atoms with Crippen LogP contribution in [0.25, 0.3) is 0 Å². The van der Waals surface area contributed by atoms with Crippen LogP contribution in [0.15, 0.2) is 24.3 Å². The third-order valence-electron chi connectivity index (χ3n) is 1.86. The van der Waals surface area contributed by atoms with Crippen molar-refractivity contribution in [3.05, 3.63) is 29.8 Å². The van der Waals surface area contributed by atoms with E-state index in [0.29, 0.717) is 0 Å². The molecular formula is C12H11N. The number of hydrogen-bond donors (Lipinski definition) is 0. The highest BCUT2D eigenvalue weighted by Crippen LogP contribution is 2.13. The second kappa shape index (κ2) is 4.24. The SMILES string of the molecule is C#CN(C#C)c1ccc(CC)cc1. The molecule has 0 amide bonds. The minimum atomic E-state index is 0.863. The molecule has 1 rings (SSSR count). The van der Waals surface area contributed by atoms with Gasteiger partial charge in [-0.05, 0) is 24.1 Å². The van der Waals surface area contributed by atoms with Crippen LogP contribution in [0.2, 0.25) is 0 Å². The Bertz CT molecular complexity index is 334. The summed E-state index contributed by atoms with van der Waals surface area (Å²) in [4.78, 5) is 1.42. The summed E-state index contributed by atoms with van der Waals surface area (Å²) in [5.41, 5.74) is 2.14. The zero-order valence-electron chi connectivity index (χ0n) is 7.62. The van der Waals surface area contributed by atoms with Gasteiger partial charge in [0.25, 0.3) is 0 Å². The topological polar surface area (TPSA) is 3.24 Å². The van der Waals surface area contributed by atoms with Crippen LogP contribution in [0.1, 0.15) is 12.5 Å². The van der Waals surface area contributed by atoms with Crippen LogP contribution in [0.4, 0.5) is 5.69 Å². The van der Waals surface area contributed by atoms with Gasteiger partial charge in [-0.2, -0.15) is 0 Å². The molecule has 0 heterocycles. The van der Waals surface area contributed by atoms with Crippen molar-refractivity contribution in [3.8, 4) is 24.9 Å². The van der Waals surface area contributed by atoms with Crippen LogP contribution in [0, 0.1) is 24.9 Å². The molecule has 0 radical (unpaired) electrons. The lowest BCUT2D eigenvalue weighted by Crippen LogP contribution is -2.06. The normalized spacial score (nSPS) is 8.54. The van der Waals surface area contributed by atoms with Gasteiger partial charge in [-0.15, -0.1) is 0 Å². The largest absolute Gasteiger partial charge is 0.228 e. The molecule has 13 heavy (non-hydrogen) atoms. The summed E-state index contributed by atoms with van der Waals surface area (Å²) in [6, 6.07) is 12.7. The Hall–Kier alpha value is -1.86. The minimum absolute atomic E-state index is 0.863. The second-order valence-corrected chi connectivity index (χ2v) is 2.61. The van der Waals surface area contributed by atoms with E-state index in [9.17, 15) is 0 Å². The molecule has 0 saturated heterocycles. The smallest absolute Gasteiger partial charge is 0.0636 e. The Morgan fingerprint density at radius 2 is 1.69 bits per heavy atom. The zero-order valence-corrected chi connectivity index (χ0v) is 7.62. The lowest BCUT2D eigenvalue weighted by Gasteiger charge is -2.08. The maximum atomic E-state index is 5.22. The summed E-state index contributed by atoms with van der Waals surface area (Å²) in [5.74, 6) is 0. The fourth-order valence-corrected chi connectivity index (χ4v) is 1.07. The number of terminal acetylenes is 2. The molecule has 0 saturated carbocycles. The lowest BCUT2D eigenvalue weighted by atomic mass is 10.1. The van der Waals surface area contributed by atoms with Crippen LogP contribution in [-0.4, -0.2) is 0 Å². The average molecular weight is 169 g/mol. The highest BCUT2D eigenvalue weighted by molar-refractivity contribution is 5.56. The molecule has 64 valence electrons. The van der Waals surface area contributed by atoms with Crippen molar-refractivity contribution in [2.24, 2.45) is 0 Å². The van der Waals surface area contributed by atoms with Gasteiger partial charge in [-0.3, -0.25) is 0 Å². The standard InChI is InChI=1S/C12H11N/c1-4-11-7-9-12(10-8-11)13(5-2)6-3/h2-3,7-10H,4H2,1H3. The molecule has 1 nitrogen and oxygen atoms in total. The zero-order chi connectivity index (χ0) is 9.68. The molecule has 0 fully saturated rings. The van der Waals surface area contributed by atoms with Crippen molar-refractivity contribution < 1.29 is 0 Å². The summed E-state index contributed by atoms with van der Waals surface area (Å²) in [6.45, 7) is 2.11. The highest BCUT2D eigenvalue weighted by atomic mass is 15.1. The molecular weight excluding hydrogens is 158 g/mol. The molecule has 0 unspecified atom stereocenters. The van der Waals surface area contributed by atoms with E-state index in [-0.39, 0.29) is 0 Å². The van der Waals surface area contributed by atoms with E-state index in [1.807, 2.05) is 24.3 Å². The van der Waals surface area contributed by atoms with Crippen molar-refractivity contribution in [2.45, 2.75) is 13.3 Å². The number of hydrogen-bond acceptors (Lipinski definition) is 1. The van der Waals surface area contributed by atoms with Gasteiger partial charge in [0.15, 0.2) is 0 Å². The van der Waals surface area contributed by atoms with E-state index in [2.05, 4.69) is 19.0 Å². The van der Waals surface area contributed by atoms with Crippen molar-refractivity contribution >= 4 is 5.69 Å². The molecule has 0 N–H and O–H groups in total. The van der Waals surface area contributed by atoms with Crippen molar-refractivity contribution in [3.63, 3.8) is 0 Å².